The maximum Gasteiger partial charge on any atom is 0.338 e. The highest BCUT2D eigenvalue weighted by atomic mass is 32.2. The molecule has 0 fully saturated rings. The second-order valence-corrected chi connectivity index (χ2v) is 16.7. The van der Waals surface area contributed by atoms with Gasteiger partial charge in [-0.25, -0.2) is 4.79 Å². The van der Waals surface area contributed by atoms with Gasteiger partial charge in [0.05, 0.1) is 24.8 Å². The van der Waals surface area contributed by atoms with E-state index in [1.54, 1.807) is 13.0 Å². The normalized spacial score (nSPS) is 15.1. The van der Waals surface area contributed by atoms with Crippen molar-refractivity contribution in [2.24, 2.45) is 0 Å². The number of hydrogen-bond acceptors (Lipinski definition) is 5. The van der Waals surface area contributed by atoms with Gasteiger partial charge in [-0.05, 0) is 76.0 Å². The molecule has 166 valence electrons. The summed E-state index contributed by atoms with van der Waals surface area (Å²) in [6, 6.07) is 5.27. The predicted octanol–water partition coefficient (Wildman–Crippen LogP) is 5.29. The van der Waals surface area contributed by atoms with Crippen molar-refractivity contribution in [1.82, 2.24) is 4.72 Å². The maximum absolute atomic E-state index is 12.8. The van der Waals surface area contributed by atoms with E-state index in [9.17, 15) is 9.35 Å². The van der Waals surface area contributed by atoms with Crippen LogP contribution >= 0.6 is 0 Å². The summed E-state index contributed by atoms with van der Waals surface area (Å²) in [6.45, 7) is 21.4. The van der Waals surface area contributed by atoms with Crippen LogP contribution in [0.15, 0.2) is 18.2 Å². The highest BCUT2D eigenvalue weighted by Gasteiger charge is 2.39. The third-order valence-corrected chi connectivity index (χ3v) is 11.5. The minimum absolute atomic E-state index is 0.0868. The molecule has 0 saturated heterocycles. The summed E-state index contributed by atoms with van der Waals surface area (Å²) in [5.41, 5.74) is 2.45. The molecule has 29 heavy (non-hydrogen) atoms. The number of ether oxygens (including phenoxy) is 1. The van der Waals surface area contributed by atoms with Crippen molar-refractivity contribution in [2.75, 3.05) is 13.2 Å². The highest BCUT2D eigenvalue weighted by molar-refractivity contribution is 7.90. The maximum atomic E-state index is 12.8. The fourth-order valence-corrected chi connectivity index (χ4v) is 4.23. The summed E-state index contributed by atoms with van der Waals surface area (Å²) in [6.07, 6.45) is 0. The van der Waals surface area contributed by atoms with Gasteiger partial charge in [0, 0.05) is 11.4 Å². The monoisotopic (exact) mass is 441 g/mol. The van der Waals surface area contributed by atoms with Gasteiger partial charge in [-0.2, -0.15) is 0 Å². The number of rotatable bonds is 8. The number of benzene rings is 1. The molecule has 0 bridgehead atoms. The van der Waals surface area contributed by atoms with Crippen LogP contribution in [0, 0.1) is 6.92 Å². The molecular weight excluding hydrogens is 402 g/mol. The number of hydrogen-bond donors (Lipinski definition) is 1. The number of esters is 1. The fraction of sp³-hybridized carbons (Fsp3) is 0.682. The molecule has 0 radical (unpaired) electrons. The van der Waals surface area contributed by atoms with Crippen LogP contribution in [-0.4, -0.2) is 36.8 Å². The van der Waals surface area contributed by atoms with E-state index in [1.807, 2.05) is 39.8 Å². The summed E-state index contributed by atoms with van der Waals surface area (Å²) in [4.78, 5) is 12.0. The number of nitrogens with one attached hydrogen (secondary N) is 1. The van der Waals surface area contributed by atoms with Gasteiger partial charge in [0.2, 0.25) is 0 Å². The van der Waals surface area contributed by atoms with Crippen molar-refractivity contribution in [3.8, 4) is 0 Å². The Balaban J connectivity index is 3.18. The molecule has 0 heterocycles. The lowest BCUT2D eigenvalue weighted by Gasteiger charge is -2.38. The van der Waals surface area contributed by atoms with Gasteiger partial charge in [0.1, 0.15) is 4.75 Å². The van der Waals surface area contributed by atoms with Crippen LogP contribution < -0.4 is 4.72 Å². The summed E-state index contributed by atoms with van der Waals surface area (Å²) in [5, 5.41) is 0.0868. The van der Waals surface area contributed by atoms with E-state index >= 15 is 0 Å². The van der Waals surface area contributed by atoms with E-state index in [1.165, 1.54) is 0 Å². The molecule has 0 spiro atoms. The first kappa shape index (κ1) is 26.2. The Morgan fingerprint density at radius 2 is 1.79 bits per heavy atom. The lowest BCUT2D eigenvalue weighted by atomic mass is 10.00. The van der Waals surface area contributed by atoms with Crippen LogP contribution in [0.3, 0.4) is 0 Å². The Hall–Kier alpha value is -0.863. The third kappa shape index (κ3) is 7.40. The van der Waals surface area contributed by atoms with Crippen molar-refractivity contribution >= 4 is 25.6 Å². The lowest BCUT2D eigenvalue weighted by molar-refractivity contribution is 0.0526. The molecule has 0 aromatic heterocycles. The Morgan fingerprint density at radius 3 is 2.24 bits per heavy atom. The molecule has 1 N–H and O–H groups in total. The minimum atomic E-state index is -1.97. The zero-order valence-corrected chi connectivity index (χ0v) is 21.6. The Kier molecular flexibility index (Phi) is 8.99. The average Bonchev–Trinajstić information content (AvgIpc) is 2.56. The Bertz CT molecular complexity index is 695. The molecule has 1 unspecified atom stereocenters. The summed E-state index contributed by atoms with van der Waals surface area (Å²) in [5.74, 6) is -0.331. The van der Waals surface area contributed by atoms with E-state index in [0.717, 1.165) is 11.1 Å². The van der Waals surface area contributed by atoms with E-state index in [-0.39, 0.29) is 17.0 Å². The largest absolute Gasteiger partial charge is 0.598 e. The second-order valence-electron chi connectivity index (χ2n) is 9.91. The van der Waals surface area contributed by atoms with Gasteiger partial charge in [-0.3, -0.25) is 0 Å². The van der Waals surface area contributed by atoms with Crippen molar-refractivity contribution in [3.63, 3.8) is 0 Å². The van der Waals surface area contributed by atoms with E-state index in [4.69, 9.17) is 9.16 Å². The minimum Gasteiger partial charge on any atom is -0.598 e. The second kappa shape index (κ2) is 9.96. The topological polar surface area (TPSA) is 70.6 Å². The summed E-state index contributed by atoms with van der Waals surface area (Å²) in [7, 11) is -1.97. The van der Waals surface area contributed by atoms with Crippen molar-refractivity contribution in [1.29, 1.82) is 0 Å². The molecule has 5 nitrogen and oxygen atoms in total. The molecule has 0 aliphatic heterocycles. The zero-order valence-electron chi connectivity index (χ0n) is 19.8. The van der Waals surface area contributed by atoms with Crippen LogP contribution in [0.5, 0.6) is 0 Å². The SMILES string of the molecule is CCOC(=O)c1ccc([C@@H](CO[Si](C)(C)C(C)(C)C)N[S+]([O-])C(C)(C)C)c(C)c1. The van der Waals surface area contributed by atoms with E-state index in [2.05, 4.69) is 38.6 Å². The first-order valence-corrected chi connectivity index (χ1v) is 14.3. The lowest BCUT2D eigenvalue weighted by Crippen LogP contribution is -2.46. The quantitative estimate of drug-likeness (QED) is 0.337. The van der Waals surface area contributed by atoms with Gasteiger partial charge in [-0.15, -0.1) is 4.72 Å². The summed E-state index contributed by atoms with van der Waals surface area (Å²) < 4.78 is 27.2. The molecule has 1 rings (SSSR count). The molecule has 0 saturated carbocycles. The molecule has 7 heteroatoms. The molecule has 2 atom stereocenters. The molecule has 0 aliphatic carbocycles. The van der Waals surface area contributed by atoms with Crippen LogP contribution in [0.25, 0.3) is 0 Å². The van der Waals surface area contributed by atoms with Crippen molar-refractivity contribution in [2.45, 2.75) is 84.3 Å². The zero-order chi connectivity index (χ0) is 22.6. The third-order valence-electron chi connectivity index (χ3n) is 5.38. The number of carbonyl (C=O) groups is 1. The van der Waals surface area contributed by atoms with Crippen molar-refractivity contribution < 1.29 is 18.5 Å². The predicted molar refractivity (Wildman–Crippen MR) is 124 cm³/mol. The van der Waals surface area contributed by atoms with E-state index in [0.29, 0.717) is 18.8 Å². The van der Waals surface area contributed by atoms with Crippen LogP contribution in [0.2, 0.25) is 18.1 Å². The van der Waals surface area contributed by atoms with E-state index < -0.39 is 24.4 Å². The molecule has 0 aliphatic rings. The number of aryl methyl sites for hydroxylation is 1. The average molecular weight is 442 g/mol. The number of carbonyl (C=O) groups excluding carboxylic acids is 1. The summed E-state index contributed by atoms with van der Waals surface area (Å²) >= 11 is -1.25. The van der Waals surface area contributed by atoms with Gasteiger partial charge in [-0.1, -0.05) is 26.8 Å². The highest BCUT2D eigenvalue weighted by Crippen LogP contribution is 2.37. The van der Waals surface area contributed by atoms with Gasteiger partial charge < -0.3 is 13.7 Å². The smallest absolute Gasteiger partial charge is 0.338 e. The van der Waals surface area contributed by atoms with Crippen molar-refractivity contribution in [3.05, 3.63) is 34.9 Å². The Labute approximate surface area is 181 Å². The van der Waals surface area contributed by atoms with Gasteiger partial charge in [0.15, 0.2) is 8.32 Å². The first-order valence-electron chi connectivity index (χ1n) is 10.2. The molecule has 1 aromatic rings. The Morgan fingerprint density at radius 1 is 1.21 bits per heavy atom. The molecular formula is C22H39NO4SSi. The van der Waals surface area contributed by atoms with Crippen LogP contribution in [-0.2, 0) is 20.5 Å². The van der Waals surface area contributed by atoms with Crippen LogP contribution in [0.1, 0.15) is 76.0 Å². The fourth-order valence-electron chi connectivity index (χ4n) is 2.41. The van der Waals surface area contributed by atoms with Gasteiger partial charge in [0.25, 0.3) is 0 Å². The van der Waals surface area contributed by atoms with Crippen LogP contribution in [0.4, 0.5) is 0 Å². The molecule has 1 aromatic carbocycles. The molecule has 0 amide bonds. The van der Waals surface area contributed by atoms with Gasteiger partial charge >= 0.3 is 5.97 Å². The standard InChI is InChI=1S/C22H39NO4SSi/c1-11-26-20(24)17-12-13-18(16(2)14-17)19(23-28(25)21(3,4)5)15-27-29(9,10)22(6,7)8/h12-14,19,23H,11,15H2,1-10H3/t19-,28?/m1/s1. The first-order chi connectivity index (χ1) is 13.1.